The van der Waals surface area contributed by atoms with E-state index in [0.29, 0.717) is 11.8 Å². The van der Waals surface area contributed by atoms with E-state index < -0.39 is 5.60 Å². The lowest BCUT2D eigenvalue weighted by molar-refractivity contribution is 0.0183. The number of rotatable bonds is 1. The van der Waals surface area contributed by atoms with Gasteiger partial charge < -0.3 is 10.0 Å². The van der Waals surface area contributed by atoms with Crippen molar-refractivity contribution in [2.75, 3.05) is 20.1 Å². The van der Waals surface area contributed by atoms with Crippen LogP contribution in [0.4, 0.5) is 0 Å². The highest BCUT2D eigenvalue weighted by atomic mass is 16.3. The fourth-order valence-corrected chi connectivity index (χ4v) is 2.51. The first-order valence-corrected chi connectivity index (χ1v) is 6.33. The minimum absolute atomic E-state index is 0.545. The van der Waals surface area contributed by atoms with Gasteiger partial charge in [-0.3, -0.25) is 0 Å². The first-order valence-electron chi connectivity index (χ1n) is 6.33. The van der Waals surface area contributed by atoms with E-state index in [0.717, 1.165) is 31.5 Å². The smallest absolute Gasteiger partial charge is 0.0917 e. The maximum absolute atomic E-state index is 10.7. The van der Waals surface area contributed by atoms with Crippen LogP contribution in [-0.2, 0) is 0 Å². The summed E-state index contributed by atoms with van der Waals surface area (Å²) in [6, 6.07) is 0. The van der Waals surface area contributed by atoms with E-state index >= 15 is 0 Å². The molecule has 0 aromatic heterocycles. The molecule has 0 radical (unpaired) electrons. The SMILES string of the molecule is CC1C=CC(C2(O)CCN(C)CC2)=CC1C. The lowest BCUT2D eigenvalue weighted by Gasteiger charge is -2.39. The van der Waals surface area contributed by atoms with Gasteiger partial charge in [-0.2, -0.15) is 0 Å². The second kappa shape index (κ2) is 4.34. The summed E-state index contributed by atoms with van der Waals surface area (Å²) in [5, 5.41) is 10.7. The van der Waals surface area contributed by atoms with Crippen LogP contribution in [0.2, 0.25) is 0 Å². The van der Waals surface area contributed by atoms with Crippen molar-refractivity contribution in [1.29, 1.82) is 0 Å². The molecule has 90 valence electrons. The molecular formula is C14H23NO. The standard InChI is InChI=1S/C14H23NO/c1-11-4-5-13(10-12(11)2)14(16)6-8-15(3)9-7-14/h4-5,10-12,16H,6-9H2,1-3H3. The molecular weight excluding hydrogens is 198 g/mol. The quantitative estimate of drug-likeness (QED) is 0.734. The number of likely N-dealkylation sites (tertiary alicyclic amines) is 1. The van der Waals surface area contributed by atoms with Crippen molar-refractivity contribution in [3.05, 3.63) is 23.8 Å². The van der Waals surface area contributed by atoms with E-state index in [-0.39, 0.29) is 0 Å². The molecule has 1 aliphatic carbocycles. The van der Waals surface area contributed by atoms with E-state index in [1.165, 1.54) is 0 Å². The zero-order valence-electron chi connectivity index (χ0n) is 10.6. The molecule has 1 aliphatic heterocycles. The average molecular weight is 221 g/mol. The van der Waals surface area contributed by atoms with Crippen LogP contribution in [0, 0.1) is 11.8 Å². The Morgan fingerprint density at radius 2 is 1.88 bits per heavy atom. The average Bonchev–Trinajstić information content (AvgIpc) is 2.26. The van der Waals surface area contributed by atoms with Crippen molar-refractivity contribution in [3.8, 4) is 0 Å². The second-order valence-corrected chi connectivity index (χ2v) is 5.53. The monoisotopic (exact) mass is 221 g/mol. The molecule has 2 atom stereocenters. The summed E-state index contributed by atoms with van der Waals surface area (Å²) in [5.41, 5.74) is 0.573. The summed E-state index contributed by atoms with van der Waals surface area (Å²) < 4.78 is 0. The van der Waals surface area contributed by atoms with Crippen LogP contribution in [0.25, 0.3) is 0 Å². The van der Waals surface area contributed by atoms with Crippen LogP contribution >= 0.6 is 0 Å². The van der Waals surface area contributed by atoms with Gasteiger partial charge in [0.15, 0.2) is 0 Å². The van der Waals surface area contributed by atoms with Crippen LogP contribution in [-0.4, -0.2) is 35.7 Å². The molecule has 1 N–H and O–H groups in total. The van der Waals surface area contributed by atoms with Crippen LogP contribution in [0.3, 0.4) is 0 Å². The third-order valence-electron chi connectivity index (χ3n) is 4.20. The molecule has 2 aliphatic rings. The fraction of sp³-hybridized carbons (Fsp3) is 0.714. The summed E-state index contributed by atoms with van der Waals surface area (Å²) in [7, 11) is 2.12. The van der Waals surface area contributed by atoms with Gasteiger partial charge in [-0.1, -0.05) is 32.1 Å². The second-order valence-electron chi connectivity index (χ2n) is 5.53. The first kappa shape index (κ1) is 11.9. The Hall–Kier alpha value is -0.600. The predicted molar refractivity (Wildman–Crippen MR) is 67.2 cm³/mol. The van der Waals surface area contributed by atoms with Gasteiger partial charge in [0.2, 0.25) is 0 Å². The maximum atomic E-state index is 10.7. The summed E-state index contributed by atoms with van der Waals surface area (Å²) in [6.07, 6.45) is 8.35. The molecule has 1 fully saturated rings. The Kier molecular flexibility index (Phi) is 3.22. The van der Waals surface area contributed by atoms with Crippen LogP contribution < -0.4 is 0 Å². The van der Waals surface area contributed by atoms with Crippen molar-refractivity contribution in [2.24, 2.45) is 11.8 Å². The number of hydrogen-bond acceptors (Lipinski definition) is 2. The molecule has 1 saturated heterocycles. The van der Waals surface area contributed by atoms with Crippen LogP contribution in [0.15, 0.2) is 23.8 Å². The fourth-order valence-electron chi connectivity index (χ4n) is 2.51. The number of hydrogen-bond donors (Lipinski definition) is 1. The summed E-state index contributed by atoms with van der Waals surface area (Å²) in [6.45, 7) is 6.44. The van der Waals surface area contributed by atoms with Crippen molar-refractivity contribution in [3.63, 3.8) is 0 Å². The zero-order valence-corrected chi connectivity index (χ0v) is 10.6. The largest absolute Gasteiger partial charge is 0.385 e. The number of allylic oxidation sites excluding steroid dienone is 2. The van der Waals surface area contributed by atoms with Gasteiger partial charge in [0.05, 0.1) is 5.60 Å². The Morgan fingerprint density at radius 3 is 2.44 bits per heavy atom. The Bertz CT molecular complexity index is 311. The van der Waals surface area contributed by atoms with Crippen molar-refractivity contribution < 1.29 is 5.11 Å². The van der Waals surface area contributed by atoms with Crippen molar-refractivity contribution >= 4 is 0 Å². The molecule has 0 aromatic rings. The Balaban J connectivity index is 2.13. The Morgan fingerprint density at radius 1 is 1.25 bits per heavy atom. The molecule has 1 heterocycles. The lowest BCUT2D eigenvalue weighted by Crippen LogP contribution is -2.44. The molecule has 16 heavy (non-hydrogen) atoms. The number of nitrogens with zero attached hydrogens (tertiary/aromatic N) is 1. The van der Waals surface area contributed by atoms with Crippen molar-refractivity contribution in [2.45, 2.75) is 32.3 Å². The van der Waals surface area contributed by atoms with Gasteiger partial charge in [0.25, 0.3) is 0 Å². The van der Waals surface area contributed by atoms with Crippen molar-refractivity contribution in [1.82, 2.24) is 4.90 Å². The van der Waals surface area contributed by atoms with Gasteiger partial charge >= 0.3 is 0 Å². The molecule has 2 rings (SSSR count). The van der Waals surface area contributed by atoms with Crippen LogP contribution in [0.5, 0.6) is 0 Å². The highest BCUT2D eigenvalue weighted by Crippen LogP contribution is 2.34. The van der Waals surface area contributed by atoms with Gasteiger partial charge in [0, 0.05) is 13.1 Å². The molecule has 0 bridgehead atoms. The van der Waals surface area contributed by atoms with Gasteiger partial charge in [0.1, 0.15) is 0 Å². The number of aliphatic hydroxyl groups is 1. The molecule has 0 spiro atoms. The molecule has 0 amide bonds. The van der Waals surface area contributed by atoms with E-state index in [9.17, 15) is 5.11 Å². The third-order valence-corrected chi connectivity index (χ3v) is 4.20. The highest BCUT2D eigenvalue weighted by Gasteiger charge is 2.35. The van der Waals surface area contributed by atoms with E-state index in [1.807, 2.05) is 0 Å². The Labute approximate surface area is 98.6 Å². The van der Waals surface area contributed by atoms with Gasteiger partial charge in [-0.05, 0) is 37.3 Å². The zero-order chi connectivity index (χ0) is 11.8. The van der Waals surface area contributed by atoms with E-state index in [4.69, 9.17) is 0 Å². The highest BCUT2D eigenvalue weighted by molar-refractivity contribution is 5.33. The van der Waals surface area contributed by atoms with Crippen LogP contribution in [0.1, 0.15) is 26.7 Å². The molecule has 2 nitrogen and oxygen atoms in total. The summed E-state index contributed by atoms with van der Waals surface area (Å²) >= 11 is 0. The topological polar surface area (TPSA) is 23.5 Å². The third kappa shape index (κ3) is 2.23. The minimum Gasteiger partial charge on any atom is -0.385 e. The summed E-state index contributed by atoms with van der Waals surface area (Å²) in [4.78, 5) is 2.29. The lowest BCUT2D eigenvalue weighted by atomic mass is 9.78. The van der Waals surface area contributed by atoms with Gasteiger partial charge in [-0.25, -0.2) is 0 Å². The maximum Gasteiger partial charge on any atom is 0.0917 e. The molecule has 2 unspecified atom stereocenters. The molecule has 0 saturated carbocycles. The first-order chi connectivity index (χ1) is 7.51. The predicted octanol–water partition coefficient (Wildman–Crippen LogP) is 2.21. The minimum atomic E-state index is -0.572. The van der Waals surface area contributed by atoms with Gasteiger partial charge in [-0.15, -0.1) is 0 Å². The summed E-state index contributed by atoms with van der Waals surface area (Å²) in [5.74, 6) is 1.14. The van der Waals surface area contributed by atoms with E-state index in [1.54, 1.807) is 0 Å². The molecule has 0 aromatic carbocycles. The van der Waals surface area contributed by atoms with E-state index in [2.05, 4.69) is 44.0 Å². The normalized spacial score (nSPS) is 34.9. The number of piperidine rings is 1. The molecule has 2 heteroatoms.